The predicted molar refractivity (Wildman–Crippen MR) is 163 cm³/mol. The summed E-state index contributed by atoms with van der Waals surface area (Å²) in [7, 11) is 6.66. The normalized spacial score (nSPS) is 12.2. The molecule has 0 amide bonds. The molecule has 1 unspecified atom stereocenters. The molecule has 0 saturated carbocycles. The molecule has 0 fully saturated rings. The molecule has 3 aromatic carbocycles. The van der Waals surface area contributed by atoms with Crippen LogP contribution in [-0.2, 0) is 0 Å². The van der Waals surface area contributed by atoms with Crippen LogP contribution in [0.3, 0.4) is 0 Å². The van der Waals surface area contributed by atoms with Gasteiger partial charge in [0.1, 0.15) is 0 Å². The first-order chi connectivity index (χ1) is 19.5. The van der Waals surface area contributed by atoms with E-state index in [2.05, 4.69) is 84.9 Å². The third kappa shape index (κ3) is 4.73. The van der Waals surface area contributed by atoms with E-state index >= 15 is 0 Å². The van der Waals surface area contributed by atoms with E-state index in [0.717, 1.165) is 51.6 Å². The molecule has 0 saturated heterocycles. The van der Waals surface area contributed by atoms with Crippen molar-refractivity contribution in [1.29, 1.82) is 0 Å². The maximum Gasteiger partial charge on any atom is 0.161 e. The number of methoxy groups -OCH3 is 4. The number of fused-ring (bicyclic) bond motifs is 3. The van der Waals surface area contributed by atoms with Crippen molar-refractivity contribution in [2.75, 3.05) is 41.5 Å². The van der Waals surface area contributed by atoms with E-state index in [9.17, 15) is 0 Å². The fraction of sp³-hybridized carbons (Fsp3) is 0.294. The highest BCUT2D eigenvalue weighted by molar-refractivity contribution is 6.09. The average molecular weight is 539 g/mol. The van der Waals surface area contributed by atoms with Crippen molar-refractivity contribution < 1.29 is 18.9 Å². The Bertz CT molecular complexity index is 1630. The van der Waals surface area contributed by atoms with Crippen LogP contribution in [0.1, 0.15) is 32.4 Å². The van der Waals surface area contributed by atoms with Crippen molar-refractivity contribution >= 4 is 16.3 Å². The molecule has 0 spiro atoms. The lowest BCUT2D eigenvalue weighted by Crippen LogP contribution is -2.26. The fourth-order valence-electron chi connectivity index (χ4n) is 5.74. The summed E-state index contributed by atoms with van der Waals surface area (Å²) >= 11 is 0. The quantitative estimate of drug-likeness (QED) is 0.181. The van der Waals surface area contributed by atoms with Gasteiger partial charge in [0.15, 0.2) is 23.0 Å². The summed E-state index contributed by atoms with van der Waals surface area (Å²) in [6.07, 6.45) is 4.31. The molecule has 0 N–H and O–H groups in total. The minimum Gasteiger partial charge on any atom is -0.493 e. The number of hydrogen-bond acceptors (Lipinski definition) is 5. The summed E-state index contributed by atoms with van der Waals surface area (Å²) in [5.74, 6) is 2.78. The number of benzene rings is 3. The minimum absolute atomic E-state index is 0.355. The number of pyridine rings is 1. The van der Waals surface area contributed by atoms with Crippen LogP contribution >= 0.6 is 0 Å². The molecule has 40 heavy (non-hydrogen) atoms. The van der Waals surface area contributed by atoms with Gasteiger partial charge in [-0.15, -0.1) is 0 Å². The first-order valence-electron chi connectivity index (χ1n) is 13.7. The van der Waals surface area contributed by atoms with Crippen LogP contribution in [0.2, 0.25) is 0 Å². The Morgan fingerprint density at radius 1 is 0.700 bits per heavy atom. The highest BCUT2D eigenvalue weighted by Crippen LogP contribution is 2.44. The Balaban J connectivity index is 1.78. The summed E-state index contributed by atoms with van der Waals surface area (Å²) in [5.41, 5.74) is 6.84. The van der Waals surface area contributed by atoms with Crippen LogP contribution in [0.25, 0.3) is 38.5 Å². The lowest BCUT2D eigenvalue weighted by atomic mass is 9.94. The Hall–Kier alpha value is -4.16. The summed E-state index contributed by atoms with van der Waals surface area (Å²) in [6.45, 7) is 8.75. The molecule has 0 aliphatic rings. The molecule has 2 heterocycles. The van der Waals surface area contributed by atoms with Gasteiger partial charge in [-0.1, -0.05) is 44.2 Å². The minimum atomic E-state index is 0.355. The predicted octanol–water partition coefficient (Wildman–Crippen LogP) is 7.86. The highest BCUT2D eigenvalue weighted by atomic mass is 16.5. The van der Waals surface area contributed by atoms with E-state index < -0.39 is 0 Å². The third-order valence-electron chi connectivity index (χ3n) is 7.99. The third-order valence-corrected chi connectivity index (χ3v) is 7.99. The molecular weight excluding hydrogens is 500 g/mol. The molecule has 5 aromatic rings. The van der Waals surface area contributed by atoms with Gasteiger partial charge in [-0.3, -0.25) is 4.90 Å². The van der Waals surface area contributed by atoms with Crippen molar-refractivity contribution in [3.8, 4) is 45.3 Å². The molecular formula is C34H38N2O4. The molecule has 208 valence electrons. The summed E-state index contributed by atoms with van der Waals surface area (Å²) in [5, 5.41) is 2.14. The second kappa shape index (κ2) is 11.5. The number of rotatable bonds is 10. The van der Waals surface area contributed by atoms with Crippen LogP contribution in [0.4, 0.5) is 0 Å². The van der Waals surface area contributed by atoms with Gasteiger partial charge >= 0.3 is 0 Å². The van der Waals surface area contributed by atoms with Crippen LogP contribution in [0, 0.1) is 0 Å². The molecule has 5 rings (SSSR count). The van der Waals surface area contributed by atoms with Gasteiger partial charge in [0.2, 0.25) is 0 Å². The smallest absolute Gasteiger partial charge is 0.161 e. The molecule has 0 bridgehead atoms. The van der Waals surface area contributed by atoms with Gasteiger partial charge in [-0.2, -0.15) is 0 Å². The summed E-state index contributed by atoms with van der Waals surface area (Å²) in [6, 6.07) is 21.6. The molecule has 1 atom stereocenters. The number of nitrogens with zero attached hydrogens (tertiary/aromatic N) is 2. The van der Waals surface area contributed by atoms with Crippen molar-refractivity contribution in [1.82, 2.24) is 9.30 Å². The fourth-order valence-corrected chi connectivity index (χ4v) is 5.74. The maximum absolute atomic E-state index is 5.70. The second-order valence-electron chi connectivity index (χ2n) is 9.87. The van der Waals surface area contributed by atoms with Gasteiger partial charge in [0.05, 0.1) is 34.0 Å². The lowest BCUT2D eigenvalue weighted by Gasteiger charge is -2.26. The molecule has 0 aliphatic carbocycles. The first kappa shape index (κ1) is 27.4. The number of ether oxygens (including phenoxy) is 4. The van der Waals surface area contributed by atoms with E-state index in [1.54, 1.807) is 28.4 Å². The maximum atomic E-state index is 5.70. The van der Waals surface area contributed by atoms with Gasteiger partial charge in [-0.05, 0) is 72.4 Å². The molecule has 0 radical (unpaired) electrons. The Kier molecular flexibility index (Phi) is 7.90. The van der Waals surface area contributed by atoms with E-state index in [1.807, 2.05) is 18.2 Å². The zero-order chi connectivity index (χ0) is 28.4. The van der Waals surface area contributed by atoms with E-state index in [0.29, 0.717) is 29.0 Å². The zero-order valence-electron chi connectivity index (χ0n) is 24.4. The van der Waals surface area contributed by atoms with Crippen molar-refractivity contribution in [3.05, 3.63) is 78.6 Å². The number of hydrogen-bond donors (Lipinski definition) is 0. The molecule has 6 heteroatoms. The summed E-state index contributed by atoms with van der Waals surface area (Å²) < 4.78 is 24.7. The molecule has 2 aromatic heterocycles. The van der Waals surface area contributed by atoms with Crippen LogP contribution in [0.15, 0.2) is 73.1 Å². The Morgan fingerprint density at radius 3 is 1.93 bits per heavy atom. The topological polar surface area (TPSA) is 44.6 Å². The number of aromatic nitrogens is 1. The second-order valence-corrected chi connectivity index (χ2v) is 9.87. The average Bonchev–Trinajstić information content (AvgIpc) is 3.40. The first-order valence-corrected chi connectivity index (χ1v) is 13.7. The highest BCUT2D eigenvalue weighted by Gasteiger charge is 2.20. The van der Waals surface area contributed by atoms with Gasteiger partial charge < -0.3 is 23.3 Å². The van der Waals surface area contributed by atoms with Crippen molar-refractivity contribution in [3.63, 3.8) is 0 Å². The largest absolute Gasteiger partial charge is 0.493 e. The van der Waals surface area contributed by atoms with Crippen molar-refractivity contribution in [2.45, 2.75) is 26.8 Å². The Labute approximate surface area is 236 Å². The van der Waals surface area contributed by atoms with Gasteiger partial charge in [0, 0.05) is 34.9 Å². The summed E-state index contributed by atoms with van der Waals surface area (Å²) in [4.78, 5) is 2.46. The van der Waals surface area contributed by atoms with Crippen LogP contribution in [0.5, 0.6) is 23.0 Å². The van der Waals surface area contributed by atoms with E-state index in [4.69, 9.17) is 18.9 Å². The van der Waals surface area contributed by atoms with E-state index in [-0.39, 0.29) is 0 Å². The SMILES string of the molecule is CCN(CC)C(C)c1ccc(-c2cn3ccc4cc(OC)c(OC)cc4c3c2-c2ccc(OC)c(OC)c2)cc1. The van der Waals surface area contributed by atoms with Crippen LogP contribution in [-0.4, -0.2) is 50.8 Å². The molecule has 0 aliphatic heterocycles. The van der Waals surface area contributed by atoms with Crippen LogP contribution < -0.4 is 18.9 Å². The molecule has 6 nitrogen and oxygen atoms in total. The van der Waals surface area contributed by atoms with Gasteiger partial charge in [-0.25, -0.2) is 0 Å². The van der Waals surface area contributed by atoms with E-state index in [1.165, 1.54) is 5.56 Å². The standard InChI is InChI=1S/C34H38N2O4/c1-8-35(9-2)22(3)23-10-12-24(13-11-23)28-21-36-17-16-25-18-31(39-6)32(40-7)20-27(25)34(36)33(28)26-14-15-29(37-4)30(19-26)38-5/h10-22H,8-9H2,1-7H3. The monoisotopic (exact) mass is 538 g/mol. The van der Waals surface area contributed by atoms with Gasteiger partial charge in [0.25, 0.3) is 0 Å². The zero-order valence-corrected chi connectivity index (χ0v) is 24.4. The van der Waals surface area contributed by atoms with Crippen molar-refractivity contribution in [2.24, 2.45) is 0 Å². The lowest BCUT2D eigenvalue weighted by molar-refractivity contribution is 0.234. The Morgan fingerprint density at radius 2 is 1.30 bits per heavy atom.